The Bertz CT molecular complexity index is 685. The van der Waals surface area contributed by atoms with Gasteiger partial charge in [0.15, 0.2) is 0 Å². The van der Waals surface area contributed by atoms with Crippen molar-refractivity contribution < 1.29 is 9.18 Å². The van der Waals surface area contributed by atoms with Crippen LogP contribution in [-0.4, -0.2) is 25.2 Å². The topological polar surface area (TPSA) is 93.5 Å². The van der Waals surface area contributed by atoms with E-state index < -0.39 is 5.91 Å². The van der Waals surface area contributed by atoms with Crippen LogP contribution in [0.4, 0.5) is 10.1 Å². The Kier molecular flexibility index (Phi) is 4.07. The molecule has 1 amide bonds. The fourth-order valence-electron chi connectivity index (χ4n) is 2.30. The number of nitrogens with zero attached hydrogens (tertiary/aromatic N) is 1. The first-order chi connectivity index (χ1) is 9.93. The molecule has 6 heteroatoms. The monoisotopic (exact) mass is 288 g/mol. The zero-order chi connectivity index (χ0) is 15.6. The molecule has 1 aliphatic rings. The number of carbonyl (C=O) groups excluding carboxylic acids is 1. The summed E-state index contributed by atoms with van der Waals surface area (Å²) < 4.78 is 13.2. The number of anilines is 1. The quantitative estimate of drug-likeness (QED) is 0.580. The highest BCUT2D eigenvalue weighted by Gasteiger charge is 2.21. The number of fused-ring (bicyclic) bond motifs is 1. The Morgan fingerprint density at radius 1 is 1.38 bits per heavy atom. The summed E-state index contributed by atoms with van der Waals surface area (Å²) in [7, 11) is 1.57. The van der Waals surface area contributed by atoms with Gasteiger partial charge >= 0.3 is 0 Å². The molecule has 5 nitrogen and oxygen atoms in total. The van der Waals surface area contributed by atoms with Crippen molar-refractivity contribution in [2.45, 2.75) is 6.92 Å². The van der Waals surface area contributed by atoms with Gasteiger partial charge in [-0.2, -0.15) is 0 Å². The molecule has 0 unspecified atom stereocenters. The van der Waals surface area contributed by atoms with Crippen LogP contribution in [0.3, 0.4) is 0 Å². The highest BCUT2D eigenvalue weighted by atomic mass is 19.1. The van der Waals surface area contributed by atoms with Gasteiger partial charge < -0.3 is 16.8 Å². The summed E-state index contributed by atoms with van der Waals surface area (Å²) in [6.45, 7) is 2.01. The minimum absolute atomic E-state index is 0.205. The predicted octanol–water partition coefficient (Wildman–Crippen LogP) is 1.42. The number of hydrogen-bond donors (Lipinski definition) is 3. The van der Waals surface area contributed by atoms with E-state index in [-0.39, 0.29) is 11.4 Å². The summed E-state index contributed by atoms with van der Waals surface area (Å²) in [5.74, 6) is -0.931. The molecule has 1 aromatic rings. The van der Waals surface area contributed by atoms with E-state index in [2.05, 4.69) is 10.3 Å². The fraction of sp³-hybridized carbons (Fsp3) is 0.200. The molecule has 0 spiro atoms. The molecule has 0 radical (unpaired) electrons. The first-order valence-corrected chi connectivity index (χ1v) is 6.41. The molecule has 0 aromatic heterocycles. The van der Waals surface area contributed by atoms with Gasteiger partial charge in [-0.1, -0.05) is 0 Å². The molecule has 0 aliphatic carbocycles. The average molecular weight is 288 g/mol. The SMILES string of the molecule is CN=C(C1=Cc2ccc(F)cc2NC1)/C(C(N)=O)=C(\C)N. The number of nitrogens with one attached hydrogen (secondary N) is 1. The van der Waals surface area contributed by atoms with Crippen LogP contribution in [0.15, 0.2) is 40.0 Å². The Morgan fingerprint density at radius 2 is 2.10 bits per heavy atom. The first kappa shape index (κ1) is 14.8. The lowest BCUT2D eigenvalue weighted by Gasteiger charge is -2.21. The highest BCUT2D eigenvalue weighted by molar-refractivity contribution is 6.29. The maximum Gasteiger partial charge on any atom is 0.252 e. The van der Waals surface area contributed by atoms with Crippen molar-refractivity contribution in [3.05, 3.63) is 46.4 Å². The number of nitrogens with two attached hydrogens (primary N) is 2. The van der Waals surface area contributed by atoms with Crippen LogP contribution in [0, 0.1) is 5.82 Å². The van der Waals surface area contributed by atoms with Crippen molar-refractivity contribution in [2.24, 2.45) is 16.5 Å². The summed E-state index contributed by atoms with van der Waals surface area (Å²) in [6, 6.07) is 4.46. The molecule has 2 rings (SSSR count). The van der Waals surface area contributed by atoms with Gasteiger partial charge in [-0.15, -0.1) is 0 Å². The van der Waals surface area contributed by atoms with Crippen LogP contribution in [0.25, 0.3) is 6.08 Å². The smallest absolute Gasteiger partial charge is 0.252 e. The summed E-state index contributed by atoms with van der Waals surface area (Å²) in [5.41, 5.74) is 14.4. The fourth-order valence-corrected chi connectivity index (χ4v) is 2.30. The normalized spacial score (nSPS) is 15.6. The van der Waals surface area contributed by atoms with E-state index in [1.165, 1.54) is 12.1 Å². The molecule has 0 bridgehead atoms. The number of rotatable bonds is 3. The summed E-state index contributed by atoms with van der Waals surface area (Å²) in [4.78, 5) is 15.7. The van der Waals surface area contributed by atoms with Gasteiger partial charge in [0, 0.05) is 25.0 Å². The van der Waals surface area contributed by atoms with Gasteiger partial charge in [0.25, 0.3) is 5.91 Å². The van der Waals surface area contributed by atoms with E-state index >= 15 is 0 Å². The second-order valence-corrected chi connectivity index (χ2v) is 4.75. The van der Waals surface area contributed by atoms with E-state index in [0.717, 1.165) is 11.1 Å². The number of halogens is 1. The second-order valence-electron chi connectivity index (χ2n) is 4.75. The van der Waals surface area contributed by atoms with Gasteiger partial charge in [0.05, 0.1) is 11.3 Å². The number of carbonyl (C=O) groups is 1. The zero-order valence-corrected chi connectivity index (χ0v) is 11.9. The highest BCUT2D eigenvalue weighted by Crippen LogP contribution is 2.26. The molecule has 1 aromatic carbocycles. The van der Waals surface area contributed by atoms with Crippen LogP contribution in [0.2, 0.25) is 0 Å². The van der Waals surface area contributed by atoms with Gasteiger partial charge in [-0.05, 0) is 42.3 Å². The van der Waals surface area contributed by atoms with Crippen molar-refractivity contribution in [1.29, 1.82) is 0 Å². The molecule has 0 atom stereocenters. The van der Waals surface area contributed by atoms with Crippen molar-refractivity contribution in [1.82, 2.24) is 0 Å². The van der Waals surface area contributed by atoms with E-state index in [0.29, 0.717) is 23.6 Å². The Hall–Kier alpha value is -2.63. The van der Waals surface area contributed by atoms with Crippen molar-refractivity contribution in [3.8, 4) is 0 Å². The van der Waals surface area contributed by atoms with E-state index in [9.17, 15) is 9.18 Å². The number of benzene rings is 1. The zero-order valence-electron chi connectivity index (χ0n) is 11.9. The lowest BCUT2D eigenvalue weighted by molar-refractivity contribution is -0.114. The summed E-state index contributed by atoms with van der Waals surface area (Å²) in [5, 5.41) is 3.10. The predicted molar refractivity (Wildman–Crippen MR) is 82.3 cm³/mol. The minimum atomic E-state index is -0.624. The van der Waals surface area contributed by atoms with Crippen molar-refractivity contribution in [3.63, 3.8) is 0 Å². The van der Waals surface area contributed by atoms with Crippen LogP contribution in [0.5, 0.6) is 0 Å². The van der Waals surface area contributed by atoms with Crippen LogP contribution in [-0.2, 0) is 4.79 Å². The third-order valence-electron chi connectivity index (χ3n) is 3.22. The molecular formula is C15H17FN4O. The number of allylic oxidation sites excluding steroid dienone is 1. The minimum Gasteiger partial charge on any atom is -0.402 e. The van der Waals surface area contributed by atoms with Crippen molar-refractivity contribution >= 4 is 23.4 Å². The van der Waals surface area contributed by atoms with E-state index in [1.54, 1.807) is 20.0 Å². The maximum atomic E-state index is 13.2. The second kappa shape index (κ2) is 5.78. The Labute approximate surface area is 122 Å². The number of amides is 1. The van der Waals surface area contributed by atoms with Crippen LogP contribution in [0.1, 0.15) is 12.5 Å². The van der Waals surface area contributed by atoms with Crippen molar-refractivity contribution in [2.75, 3.05) is 18.9 Å². The largest absolute Gasteiger partial charge is 0.402 e. The summed E-state index contributed by atoms with van der Waals surface area (Å²) >= 11 is 0. The van der Waals surface area contributed by atoms with Crippen LogP contribution < -0.4 is 16.8 Å². The number of hydrogen-bond acceptors (Lipinski definition) is 4. The van der Waals surface area contributed by atoms with Gasteiger partial charge in [0.2, 0.25) is 0 Å². The maximum absolute atomic E-state index is 13.2. The molecular weight excluding hydrogens is 271 g/mol. The molecule has 0 saturated heterocycles. The van der Waals surface area contributed by atoms with E-state index in [4.69, 9.17) is 11.5 Å². The van der Waals surface area contributed by atoms with E-state index in [1.807, 2.05) is 6.08 Å². The number of primary amides is 1. The molecule has 0 fully saturated rings. The molecule has 1 aliphatic heterocycles. The van der Waals surface area contributed by atoms with Gasteiger partial charge in [0.1, 0.15) is 5.82 Å². The van der Waals surface area contributed by atoms with Crippen LogP contribution >= 0.6 is 0 Å². The molecule has 0 saturated carbocycles. The Morgan fingerprint density at radius 3 is 2.67 bits per heavy atom. The lowest BCUT2D eigenvalue weighted by atomic mass is 9.95. The summed E-state index contributed by atoms with van der Waals surface area (Å²) in [6.07, 6.45) is 1.85. The third kappa shape index (κ3) is 2.94. The molecule has 21 heavy (non-hydrogen) atoms. The Balaban J connectivity index is 2.49. The number of aliphatic imine (C=N–C) groups is 1. The van der Waals surface area contributed by atoms with Gasteiger partial charge in [-0.3, -0.25) is 9.79 Å². The third-order valence-corrected chi connectivity index (χ3v) is 3.22. The first-order valence-electron chi connectivity index (χ1n) is 6.41. The lowest BCUT2D eigenvalue weighted by Crippen LogP contribution is -2.28. The average Bonchev–Trinajstić information content (AvgIpc) is 2.43. The van der Waals surface area contributed by atoms with Gasteiger partial charge in [-0.25, -0.2) is 4.39 Å². The molecule has 5 N–H and O–H groups in total. The molecule has 1 heterocycles. The molecule has 110 valence electrons. The standard InChI is InChI=1S/C15H17FN4O/c1-8(17)13(15(18)21)14(19-2)10-5-9-3-4-11(16)6-12(9)20-7-10/h3-6,20H,7,17H2,1-2H3,(H2,18,21)/b13-8-,19-14?.